The fourth-order valence-corrected chi connectivity index (χ4v) is 1.73. The van der Waals surface area contributed by atoms with Crippen LogP contribution >= 0.6 is 12.4 Å². The van der Waals surface area contributed by atoms with Gasteiger partial charge in [0.15, 0.2) is 0 Å². The average molecular weight is 331 g/mol. The monoisotopic (exact) mass is 330 g/mol. The van der Waals surface area contributed by atoms with Gasteiger partial charge >= 0.3 is 5.97 Å². The molecular weight excluding hydrogens is 308 g/mol. The van der Waals surface area contributed by atoms with E-state index in [9.17, 15) is 9.59 Å². The number of ether oxygens (including phenoxy) is 1. The molecule has 0 fully saturated rings. The predicted molar refractivity (Wildman–Crippen MR) is 86.7 cm³/mol. The van der Waals surface area contributed by atoms with Crippen LogP contribution in [-0.2, 0) is 9.59 Å². The van der Waals surface area contributed by atoms with Crippen LogP contribution in [-0.4, -0.2) is 55.2 Å². The highest BCUT2D eigenvalue weighted by atomic mass is 35.5. The van der Waals surface area contributed by atoms with Crippen molar-refractivity contribution in [3.8, 4) is 5.75 Å². The molecule has 22 heavy (non-hydrogen) atoms. The van der Waals surface area contributed by atoms with E-state index in [2.05, 4.69) is 5.32 Å². The van der Waals surface area contributed by atoms with Crippen molar-refractivity contribution < 1.29 is 19.4 Å². The maximum Gasteiger partial charge on any atom is 0.304 e. The number of benzene rings is 1. The van der Waals surface area contributed by atoms with Gasteiger partial charge in [-0.3, -0.25) is 14.5 Å². The smallest absolute Gasteiger partial charge is 0.304 e. The second kappa shape index (κ2) is 10.9. The Kier molecular flexibility index (Phi) is 9.98. The lowest BCUT2D eigenvalue weighted by atomic mass is 10.2. The van der Waals surface area contributed by atoms with Crippen LogP contribution in [0.2, 0.25) is 0 Å². The summed E-state index contributed by atoms with van der Waals surface area (Å²) in [6, 6.07) is 7.71. The van der Waals surface area contributed by atoms with Crippen molar-refractivity contribution in [2.45, 2.75) is 13.3 Å². The van der Waals surface area contributed by atoms with Gasteiger partial charge in [-0.05, 0) is 31.7 Å². The topological polar surface area (TPSA) is 78.9 Å². The zero-order valence-corrected chi connectivity index (χ0v) is 13.7. The molecule has 0 aliphatic rings. The number of aliphatic carboxylic acids is 1. The van der Waals surface area contributed by atoms with Crippen molar-refractivity contribution >= 4 is 24.3 Å². The number of nitrogens with one attached hydrogen (secondary N) is 1. The van der Waals surface area contributed by atoms with Gasteiger partial charge in [-0.15, -0.1) is 12.4 Å². The van der Waals surface area contributed by atoms with Crippen LogP contribution < -0.4 is 10.1 Å². The summed E-state index contributed by atoms with van der Waals surface area (Å²) in [5.74, 6) is -0.229. The normalized spacial score (nSPS) is 9.95. The number of nitrogens with zero attached hydrogens (tertiary/aromatic N) is 1. The summed E-state index contributed by atoms with van der Waals surface area (Å²) in [7, 11) is 1.71. The summed E-state index contributed by atoms with van der Waals surface area (Å²) in [6.45, 7) is 3.33. The summed E-state index contributed by atoms with van der Waals surface area (Å²) < 4.78 is 5.52. The van der Waals surface area contributed by atoms with Crippen molar-refractivity contribution in [1.29, 1.82) is 0 Å². The minimum Gasteiger partial charge on any atom is -0.492 e. The van der Waals surface area contributed by atoms with E-state index in [1.54, 1.807) is 11.9 Å². The Bertz CT molecular complexity index is 482. The Morgan fingerprint density at radius 1 is 1.36 bits per heavy atom. The summed E-state index contributed by atoms with van der Waals surface area (Å²) in [5, 5.41) is 11.3. The minimum absolute atomic E-state index is 0. The zero-order chi connectivity index (χ0) is 15.7. The molecule has 124 valence electrons. The molecule has 0 spiro atoms. The first kappa shape index (κ1) is 20.2. The quantitative estimate of drug-likeness (QED) is 0.668. The highest BCUT2D eigenvalue weighted by Gasteiger charge is 2.07. The van der Waals surface area contributed by atoms with Gasteiger partial charge in [0.1, 0.15) is 12.4 Å². The Hall–Kier alpha value is -1.79. The van der Waals surface area contributed by atoms with Crippen LogP contribution in [0.25, 0.3) is 0 Å². The third-order valence-electron chi connectivity index (χ3n) is 2.80. The Morgan fingerprint density at radius 3 is 2.73 bits per heavy atom. The number of aryl methyl sites for hydroxylation is 1. The zero-order valence-electron chi connectivity index (χ0n) is 12.9. The van der Waals surface area contributed by atoms with Gasteiger partial charge in [0.05, 0.1) is 19.5 Å². The summed E-state index contributed by atoms with van der Waals surface area (Å²) in [4.78, 5) is 23.7. The lowest BCUT2D eigenvalue weighted by molar-refractivity contribution is -0.137. The lowest BCUT2D eigenvalue weighted by Crippen LogP contribution is -2.37. The molecule has 0 bridgehead atoms. The van der Waals surface area contributed by atoms with E-state index in [4.69, 9.17) is 9.84 Å². The molecule has 6 nitrogen and oxygen atoms in total. The first-order valence-corrected chi connectivity index (χ1v) is 6.84. The standard InChI is InChI=1S/C15H22N2O4.ClH/c1-12-4-3-5-13(10-12)21-9-7-16-14(18)11-17(2)8-6-15(19)20;/h3-5,10H,6-9,11H2,1-2H3,(H,16,18)(H,19,20);1H. The van der Waals surface area contributed by atoms with Gasteiger partial charge in [0.2, 0.25) is 5.91 Å². The molecule has 1 aromatic carbocycles. The fourth-order valence-electron chi connectivity index (χ4n) is 1.73. The largest absolute Gasteiger partial charge is 0.492 e. The second-order valence-corrected chi connectivity index (χ2v) is 4.90. The van der Waals surface area contributed by atoms with Gasteiger partial charge in [-0.1, -0.05) is 12.1 Å². The van der Waals surface area contributed by atoms with Gasteiger partial charge in [-0.2, -0.15) is 0 Å². The van der Waals surface area contributed by atoms with Crippen LogP contribution in [0.5, 0.6) is 5.75 Å². The van der Waals surface area contributed by atoms with Crippen molar-refractivity contribution in [2.75, 3.05) is 33.3 Å². The second-order valence-electron chi connectivity index (χ2n) is 4.90. The molecule has 1 amide bonds. The Balaban J connectivity index is 0.00000441. The number of halogens is 1. The number of likely N-dealkylation sites (N-methyl/N-ethyl adjacent to an activating group) is 1. The number of hydrogen-bond acceptors (Lipinski definition) is 4. The molecule has 0 aliphatic carbocycles. The van der Waals surface area contributed by atoms with Crippen LogP contribution in [0.3, 0.4) is 0 Å². The van der Waals surface area contributed by atoms with Gasteiger partial charge in [0.25, 0.3) is 0 Å². The number of carbonyl (C=O) groups is 2. The van der Waals surface area contributed by atoms with E-state index < -0.39 is 5.97 Å². The van der Waals surface area contributed by atoms with Crippen molar-refractivity contribution in [2.24, 2.45) is 0 Å². The molecule has 1 aromatic rings. The van der Waals surface area contributed by atoms with E-state index >= 15 is 0 Å². The van der Waals surface area contributed by atoms with Crippen LogP contribution in [0.4, 0.5) is 0 Å². The van der Waals surface area contributed by atoms with Gasteiger partial charge < -0.3 is 15.2 Å². The van der Waals surface area contributed by atoms with E-state index in [1.165, 1.54) is 0 Å². The molecule has 0 aromatic heterocycles. The van der Waals surface area contributed by atoms with Crippen molar-refractivity contribution in [1.82, 2.24) is 10.2 Å². The molecule has 0 saturated carbocycles. The van der Waals surface area contributed by atoms with Crippen molar-refractivity contribution in [3.63, 3.8) is 0 Å². The number of hydrogen-bond donors (Lipinski definition) is 2. The molecule has 2 N–H and O–H groups in total. The first-order valence-electron chi connectivity index (χ1n) is 6.84. The fraction of sp³-hybridized carbons (Fsp3) is 0.467. The van der Waals surface area contributed by atoms with Gasteiger partial charge in [-0.25, -0.2) is 0 Å². The number of rotatable bonds is 9. The number of carboxylic acid groups (broad SMARTS) is 1. The molecule has 0 heterocycles. The SMILES string of the molecule is Cc1cccc(OCCNC(=O)CN(C)CCC(=O)O)c1.Cl. The van der Waals surface area contributed by atoms with Crippen LogP contribution in [0, 0.1) is 6.92 Å². The van der Waals surface area contributed by atoms with E-state index in [-0.39, 0.29) is 31.3 Å². The minimum atomic E-state index is -0.867. The summed E-state index contributed by atoms with van der Waals surface area (Å²) in [6.07, 6.45) is 0.0280. The van der Waals surface area contributed by atoms with Crippen molar-refractivity contribution in [3.05, 3.63) is 29.8 Å². The molecule has 7 heteroatoms. The van der Waals surface area contributed by atoms with Crippen LogP contribution in [0.1, 0.15) is 12.0 Å². The third-order valence-corrected chi connectivity index (χ3v) is 2.80. The highest BCUT2D eigenvalue weighted by molar-refractivity contribution is 5.85. The molecule has 0 unspecified atom stereocenters. The number of amides is 1. The Morgan fingerprint density at radius 2 is 2.09 bits per heavy atom. The van der Waals surface area contributed by atoms with E-state index in [1.807, 2.05) is 31.2 Å². The molecule has 1 rings (SSSR count). The van der Waals surface area contributed by atoms with Crippen LogP contribution in [0.15, 0.2) is 24.3 Å². The number of carbonyl (C=O) groups excluding carboxylic acids is 1. The maximum absolute atomic E-state index is 11.6. The van der Waals surface area contributed by atoms with E-state index in [0.717, 1.165) is 11.3 Å². The average Bonchev–Trinajstić information content (AvgIpc) is 2.41. The lowest BCUT2D eigenvalue weighted by Gasteiger charge is -2.15. The van der Waals surface area contributed by atoms with E-state index in [0.29, 0.717) is 19.7 Å². The predicted octanol–water partition coefficient (Wildman–Crippen LogP) is 1.32. The molecule has 0 atom stereocenters. The molecule has 0 saturated heterocycles. The maximum atomic E-state index is 11.6. The Labute approximate surface area is 136 Å². The summed E-state index contributed by atoms with van der Waals surface area (Å²) >= 11 is 0. The summed E-state index contributed by atoms with van der Waals surface area (Å²) in [5.41, 5.74) is 1.12. The van der Waals surface area contributed by atoms with Gasteiger partial charge in [0, 0.05) is 6.54 Å². The molecule has 0 aliphatic heterocycles. The highest BCUT2D eigenvalue weighted by Crippen LogP contribution is 2.11. The third kappa shape index (κ3) is 9.20. The molecular formula is C15H23ClN2O4. The molecule has 0 radical (unpaired) electrons. The first-order chi connectivity index (χ1) is 9.97. The number of carboxylic acids is 1.